The number of urea groups is 1. The molecule has 1 aliphatic rings. The number of hydrogen-bond acceptors (Lipinski definition) is 2. The fourth-order valence-corrected chi connectivity index (χ4v) is 1.87. The van der Waals surface area contributed by atoms with Crippen molar-refractivity contribution in [3.63, 3.8) is 0 Å². The van der Waals surface area contributed by atoms with Crippen LogP contribution < -0.4 is 4.90 Å². The molecule has 4 nitrogen and oxygen atoms in total. The van der Waals surface area contributed by atoms with Gasteiger partial charge in [-0.2, -0.15) is 0 Å². The van der Waals surface area contributed by atoms with Crippen molar-refractivity contribution in [1.82, 2.24) is 4.90 Å². The normalized spacial score (nSPS) is 15.6. The van der Waals surface area contributed by atoms with Crippen LogP contribution in [0.25, 0.3) is 0 Å². The number of nitrogens with zero attached hydrogens (tertiary/aromatic N) is 2. The second-order valence-electron chi connectivity index (χ2n) is 4.02. The molecule has 0 spiro atoms. The van der Waals surface area contributed by atoms with Gasteiger partial charge in [0.25, 0.3) is 5.91 Å². The molecule has 88 valence electrons. The van der Waals surface area contributed by atoms with Crippen molar-refractivity contribution in [2.75, 3.05) is 18.0 Å². The predicted molar refractivity (Wildman–Crippen MR) is 65.8 cm³/mol. The first-order valence-corrected chi connectivity index (χ1v) is 5.43. The van der Waals surface area contributed by atoms with E-state index in [4.69, 9.17) is 0 Å². The van der Waals surface area contributed by atoms with E-state index >= 15 is 0 Å². The second-order valence-corrected chi connectivity index (χ2v) is 4.02. The van der Waals surface area contributed by atoms with Gasteiger partial charge in [0, 0.05) is 6.54 Å². The molecule has 4 heteroatoms. The molecule has 0 N–H and O–H groups in total. The van der Waals surface area contributed by atoms with E-state index in [1.54, 1.807) is 12.1 Å². The summed E-state index contributed by atoms with van der Waals surface area (Å²) >= 11 is 0. The number of hydrogen-bond donors (Lipinski definition) is 0. The Bertz CT molecular complexity index is 482. The summed E-state index contributed by atoms with van der Waals surface area (Å²) < 4.78 is 0. The summed E-state index contributed by atoms with van der Waals surface area (Å²) in [5.41, 5.74) is 1.65. The number of carbonyl (C=O) groups is 2. The third-order valence-electron chi connectivity index (χ3n) is 2.65. The van der Waals surface area contributed by atoms with E-state index in [0.717, 1.165) is 5.56 Å². The highest BCUT2D eigenvalue weighted by molar-refractivity contribution is 6.19. The number of aryl methyl sites for hydroxylation is 1. The third-order valence-corrected chi connectivity index (χ3v) is 2.65. The van der Waals surface area contributed by atoms with Gasteiger partial charge < -0.3 is 4.90 Å². The molecule has 0 atom stereocenters. The third kappa shape index (κ3) is 2.06. The Balaban J connectivity index is 2.30. The molecule has 2 rings (SSSR count). The van der Waals surface area contributed by atoms with E-state index in [0.29, 0.717) is 12.2 Å². The monoisotopic (exact) mass is 230 g/mol. The van der Waals surface area contributed by atoms with Crippen LogP contribution >= 0.6 is 0 Å². The quantitative estimate of drug-likeness (QED) is 0.588. The highest BCUT2D eigenvalue weighted by atomic mass is 16.2. The van der Waals surface area contributed by atoms with Crippen molar-refractivity contribution in [2.45, 2.75) is 6.92 Å². The van der Waals surface area contributed by atoms with Crippen molar-refractivity contribution >= 4 is 17.6 Å². The summed E-state index contributed by atoms with van der Waals surface area (Å²) in [6.07, 6.45) is 1.62. The number of anilines is 1. The van der Waals surface area contributed by atoms with Gasteiger partial charge in [-0.05, 0) is 24.6 Å². The Hall–Kier alpha value is -2.10. The molecule has 17 heavy (non-hydrogen) atoms. The number of amides is 3. The molecule has 0 unspecified atom stereocenters. The first-order valence-electron chi connectivity index (χ1n) is 5.43. The standard InChI is InChI=1S/C13H14N2O2/c1-3-7-14-9-12(16)15(13(14)17)11-6-4-5-10(2)8-11/h3-6,8H,1,7,9H2,2H3. The van der Waals surface area contributed by atoms with Crippen LogP contribution in [0.1, 0.15) is 5.56 Å². The van der Waals surface area contributed by atoms with Gasteiger partial charge in [-0.3, -0.25) is 4.79 Å². The van der Waals surface area contributed by atoms with Crippen LogP contribution in [0.5, 0.6) is 0 Å². The summed E-state index contributed by atoms with van der Waals surface area (Å²) in [5.74, 6) is -0.192. The molecule has 1 fully saturated rings. The van der Waals surface area contributed by atoms with E-state index in [9.17, 15) is 9.59 Å². The lowest BCUT2D eigenvalue weighted by Gasteiger charge is -2.16. The highest BCUT2D eigenvalue weighted by Crippen LogP contribution is 2.21. The molecule has 0 radical (unpaired) electrons. The van der Waals surface area contributed by atoms with E-state index < -0.39 is 0 Å². The van der Waals surface area contributed by atoms with E-state index in [-0.39, 0.29) is 18.5 Å². The number of imide groups is 1. The molecular weight excluding hydrogens is 216 g/mol. The zero-order valence-electron chi connectivity index (χ0n) is 9.72. The van der Waals surface area contributed by atoms with Crippen LogP contribution in [0.15, 0.2) is 36.9 Å². The molecule has 1 heterocycles. The summed E-state index contributed by atoms with van der Waals surface area (Å²) in [4.78, 5) is 26.5. The Morgan fingerprint density at radius 2 is 2.18 bits per heavy atom. The van der Waals surface area contributed by atoms with E-state index in [1.807, 2.05) is 25.1 Å². The molecule has 1 aromatic rings. The van der Waals surface area contributed by atoms with Gasteiger partial charge in [0.1, 0.15) is 6.54 Å². The van der Waals surface area contributed by atoms with Crippen molar-refractivity contribution in [3.8, 4) is 0 Å². The second kappa shape index (κ2) is 4.41. The molecule has 1 saturated heterocycles. The molecule has 0 bridgehead atoms. The zero-order valence-corrected chi connectivity index (χ0v) is 9.72. The summed E-state index contributed by atoms with van der Waals surface area (Å²) in [6.45, 7) is 6.02. The lowest BCUT2D eigenvalue weighted by Crippen LogP contribution is -2.33. The SMILES string of the molecule is C=CCN1CC(=O)N(c2cccc(C)c2)C1=O. The minimum absolute atomic E-state index is 0.124. The maximum Gasteiger partial charge on any atom is 0.332 e. The van der Waals surface area contributed by atoms with E-state index in [2.05, 4.69) is 6.58 Å². The maximum atomic E-state index is 12.0. The van der Waals surface area contributed by atoms with Crippen LogP contribution in [-0.2, 0) is 4.79 Å². The minimum Gasteiger partial charge on any atom is -0.311 e. The topological polar surface area (TPSA) is 40.6 Å². The van der Waals surface area contributed by atoms with Crippen LogP contribution in [-0.4, -0.2) is 29.9 Å². The number of carbonyl (C=O) groups excluding carboxylic acids is 2. The average molecular weight is 230 g/mol. The molecule has 3 amide bonds. The largest absolute Gasteiger partial charge is 0.332 e. The van der Waals surface area contributed by atoms with Crippen LogP contribution in [0.2, 0.25) is 0 Å². The van der Waals surface area contributed by atoms with Crippen LogP contribution in [0, 0.1) is 6.92 Å². The van der Waals surface area contributed by atoms with Gasteiger partial charge in [0.2, 0.25) is 0 Å². The lowest BCUT2D eigenvalue weighted by molar-refractivity contribution is -0.116. The first-order chi connectivity index (χ1) is 8.13. The smallest absolute Gasteiger partial charge is 0.311 e. The highest BCUT2D eigenvalue weighted by Gasteiger charge is 2.36. The van der Waals surface area contributed by atoms with Gasteiger partial charge in [0.05, 0.1) is 5.69 Å². The number of rotatable bonds is 3. The van der Waals surface area contributed by atoms with Gasteiger partial charge in [-0.15, -0.1) is 6.58 Å². The average Bonchev–Trinajstić information content (AvgIpc) is 2.55. The Labute approximate surface area is 100 Å². The van der Waals surface area contributed by atoms with Crippen LogP contribution in [0.3, 0.4) is 0 Å². The van der Waals surface area contributed by atoms with Crippen molar-refractivity contribution in [2.24, 2.45) is 0 Å². The van der Waals surface area contributed by atoms with Crippen LogP contribution in [0.4, 0.5) is 10.5 Å². The molecule has 1 aliphatic heterocycles. The first kappa shape index (κ1) is 11.4. The maximum absolute atomic E-state index is 12.0. The molecule has 0 saturated carbocycles. The molecule has 1 aromatic carbocycles. The van der Waals surface area contributed by atoms with Crippen molar-refractivity contribution in [1.29, 1.82) is 0 Å². The Morgan fingerprint density at radius 1 is 1.41 bits per heavy atom. The van der Waals surface area contributed by atoms with Crippen molar-refractivity contribution in [3.05, 3.63) is 42.5 Å². The van der Waals surface area contributed by atoms with Gasteiger partial charge in [0.15, 0.2) is 0 Å². The van der Waals surface area contributed by atoms with Gasteiger partial charge in [-0.1, -0.05) is 18.2 Å². The summed E-state index contributed by atoms with van der Waals surface area (Å²) in [5, 5.41) is 0. The van der Waals surface area contributed by atoms with Gasteiger partial charge in [-0.25, -0.2) is 9.69 Å². The van der Waals surface area contributed by atoms with Crippen molar-refractivity contribution < 1.29 is 9.59 Å². The van der Waals surface area contributed by atoms with Gasteiger partial charge >= 0.3 is 6.03 Å². The summed E-state index contributed by atoms with van der Waals surface area (Å²) in [6, 6.07) is 7.07. The summed E-state index contributed by atoms with van der Waals surface area (Å²) in [7, 11) is 0. The number of benzene rings is 1. The minimum atomic E-state index is -0.277. The molecule has 0 aromatic heterocycles. The predicted octanol–water partition coefficient (Wildman–Crippen LogP) is 1.95. The fourth-order valence-electron chi connectivity index (χ4n) is 1.87. The lowest BCUT2D eigenvalue weighted by atomic mass is 10.2. The van der Waals surface area contributed by atoms with E-state index in [1.165, 1.54) is 9.80 Å². The molecular formula is C13H14N2O2. The zero-order chi connectivity index (χ0) is 12.4. The Morgan fingerprint density at radius 3 is 2.82 bits per heavy atom. The fraction of sp³-hybridized carbons (Fsp3) is 0.231. The molecule has 0 aliphatic carbocycles. The Kier molecular flexibility index (Phi) is 2.95.